The van der Waals surface area contributed by atoms with Gasteiger partial charge < -0.3 is 9.80 Å². The summed E-state index contributed by atoms with van der Waals surface area (Å²) in [6, 6.07) is 60.3. The molecule has 9 aromatic carbocycles. The van der Waals surface area contributed by atoms with Crippen LogP contribution in [0.5, 0.6) is 0 Å². The standard InChI is InChI=1S/C61H62N2Si2/c1-39-31-51(32-40(2)43(39)5)62(47-21-15-13-16-22-47)49-28-27-45-36-57-58(37-46(45)35-49)61(64(7,8)9,65(10,11)12)60-55-30-29-50(38-56(55)53-25-19-20-26-54(53)59(57)60)63(48-23-17-14-18-24-48)52-33-41(3)44(6)42(4)34-52/h13-38H,1-12H3. The van der Waals surface area contributed by atoms with Crippen LogP contribution in [0.2, 0.25) is 39.3 Å². The summed E-state index contributed by atoms with van der Waals surface area (Å²) in [5.41, 5.74) is 21.0. The van der Waals surface area contributed by atoms with Crippen molar-refractivity contribution in [3.8, 4) is 11.1 Å². The van der Waals surface area contributed by atoms with Gasteiger partial charge in [-0.2, -0.15) is 0 Å². The summed E-state index contributed by atoms with van der Waals surface area (Å²) >= 11 is 0. The fourth-order valence-corrected chi connectivity index (χ4v) is 25.1. The summed E-state index contributed by atoms with van der Waals surface area (Å²) in [6.07, 6.45) is 0. The molecule has 0 fully saturated rings. The van der Waals surface area contributed by atoms with E-state index in [2.05, 4.69) is 248 Å². The van der Waals surface area contributed by atoms with Crippen LogP contribution >= 0.6 is 0 Å². The third-order valence-electron chi connectivity index (χ3n) is 15.2. The summed E-state index contributed by atoms with van der Waals surface area (Å²) in [7, 11) is -4.16. The van der Waals surface area contributed by atoms with Crippen molar-refractivity contribution in [3.63, 3.8) is 0 Å². The first kappa shape index (κ1) is 42.7. The predicted octanol–water partition coefficient (Wildman–Crippen LogP) is 18.0. The average molecular weight is 879 g/mol. The summed E-state index contributed by atoms with van der Waals surface area (Å²) < 4.78 is -0.0761. The molecule has 324 valence electrons. The molecule has 0 atom stereocenters. The summed E-state index contributed by atoms with van der Waals surface area (Å²) in [4.78, 5) is 4.91. The predicted molar refractivity (Wildman–Crippen MR) is 290 cm³/mol. The molecule has 0 saturated carbocycles. The number of fused-ring (bicyclic) bond motifs is 9. The smallest absolute Gasteiger partial charge is 0.0579 e. The van der Waals surface area contributed by atoms with E-state index in [1.165, 1.54) is 99.6 Å². The lowest BCUT2D eigenvalue weighted by atomic mass is 9.90. The first-order chi connectivity index (χ1) is 31.0. The lowest BCUT2D eigenvalue weighted by Gasteiger charge is -2.51. The molecule has 9 aromatic rings. The molecule has 0 spiro atoms. The Morgan fingerprint density at radius 3 is 1.32 bits per heavy atom. The molecular weight excluding hydrogens is 817 g/mol. The molecule has 0 saturated heterocycles. The van der Waals surface area contributed by atoms with Gasteiger partial charge in [0, 0.05) is 38.8 Å². The second-order valence-corrected chi connectivity index (χ2v) is 32.0. The molecule has 0 aromatic heterocycles. The van der Waals surface area contributed by atoms with Gasteiger partial charge in [-0.05, 0) is 208 Å². The first-order valence-corrected chi connectivity index (χ1v) is 30.4. The molecule has 0 heterocycles. The number of hydrogen-bond acceptors (Lipinski definition) is 2. The van der Waals surface area contributed by atoms with Crippen LogP contribution in [0.25, 0.3) is 43.4 Å². The average Bonchev–Trinajstić information content (AvgIpc) is 3.59. The summed E-state index contributed by atoms with van der Waals surface area (Å²) in [5, 5.41) is 7.99. The molecule has 0 unspecified atom stereocenters. The van der Waals surface area contributed by atoms with Gasteiger partial charge in [0.1, 0.15) is 0 Å². The maximum atomic E-state index is 2.65. The fraction of sp³-hybridized carbons (Fsp3) is 0.213. The second kappa shape index (κ2) is 15.5. The molecule has 0 N–H and O–H groups in total. The van der Waals surface area contributed by atoms with E-state index in [9.17, 15) is 0 Å². The van der Waals surface area contributed by atoms with Crippen LogP contribution in [0.15, 0.2) is 158 Å². The van der Waals surface area contributed by atoms with Gasteiger partial charge in [0.15, 0.2) is 0 Å². The van der Waals surface area contributed by atoms with Crippen molar-refractivity contribution in [2.24, 2.45) is 0 Å². The van der Waals surface area contributed by atoms with Gasteiger partial charge in [-0.3, -0.25) is 0 Å². The Labute approximate surface area is 389 Å². The molecule has 0 aliphatic heterocycles. The highest BCUT2D eigenvalue weighted by molar-refractivity contribution is 7.00. The van der Waals surface area contributed by atoms with Crippen LogP contribution < -0.4 is 9.80 Å². The van der Waals surface area contributed by atoms with Crippen molar-refractivity contribution < 1.29 is 0 Å². The largest absolute Gasteiger partial charge is 0.310 e. The molecule has 10 rings (SSSR count). The third kappa shape index (κ3) is 6.62. The second-order valence-electron chi connectivity index (χ2n) is 21.0. The van der Waals surface area contributed by atoms with Crippen LogP contribution in [-0.4, -0.2) is 16.1 Å². The molecule has 0 radical (unpaired) electrons. The molecule has 65 heavy (non-hydrogen) atoms. The van der Waals surface area contributed by atoms with Crippen molar-refractivity contribution in [1.82, 2.24) is 0 Å². The Hall–Kier alpha value is -6.21. The number of hydrogen-bond donors (Lipinski definition) is 0. The van der Waals surface area contributed by atoms with Crippen LogP contribution in [0.3, 0.4) is 0 Å². The molecule has 1 aliphatic rings. The van der Waals surface area contributed by atoms with E-state index >= 15 is 0 Å². The van der Waals surface area contributed by atoms with Gasteiger partial charge in [0.2, 0.25) is 0 Å². The van der Waals surface area contributed by atoms with Crippen LogP contribution in [0.1, 0.15) is 44.5 Å². The number of rotatable bonds is 8. The van der Waals surface area contributed by atoms with Crippen molar-refractivity contribution >= 4 is 82.6 Å². The lowest BCUT2D eigenvalue weighted by molar-refractivity contribution is 0.965. The van der Waals surface area contributed by atoms with Crippen molar-refractivity contribution in [2.75, 3.05) is 9.80 Å². The van der Waals surface area contributed by atoms with Crippen LogP contribution in [0.4, 0.5) is 34.1 Å². The first-order valence-electron chi connectivity index (χ1n) is 23.4. The monoisotopic (exact) mass is 878 g/mol. The molecule has 1 aliphatic carbocycles. The maximum Gasteiger partial charge on any atom is 0.0579 e. The minimum atomic E-state index is -2.08. The maximum absolute atomic E-state index is 2.65. The lowest BCUT2D eigenvalue weighted by Crippen LogP contribution is -2.63. The fourth-order valence-electron chi connectivity index (χ4n) is 12.1. The Balaban J connectivity index is 1.26. The molecule has 4 heteroatoms. The molecular formula is C61H62N2Si2. The molecule has 0 amide bonds. The molecule has 2 nitrogen and oxygen atoms in total. The van der Waals surface area contributed by atoms with Gasteiger partial charge in [-0.15, -0.1) is 0 Å². The van der Waals surface area contributed by atoms with Gasteiger partial charge in [-0.25, -0.2) is 0 Å². The van der Waals surface area contributed by atoms with Gasteiger partial charge in [0.25, 0.3) is 0 Å². The van der Waals surface area contributed by atoms with Gasteiger partial charge >= 0.3 is 0 Å². The van der Waals surface area contributed by atoms with E-state index in [1.54, 1.807) is 11.1 Å². The number of anilines is 6. The zero-order valence-corrected chi connectivity index (χ0v) is 42.4. The minimum absolute atomic E-state index is 0.0761. The van der Waals surface area contributed by atoms with E-state index < -0.39 is 16.1 Å². The summed E-state index contributed by atoms with van der Waals surface area (Å²) in [6.45, 7) is 29.3. The normalized spacial score (nSPS) is 13.4. The van der Waals surface area contributed by atoms with E-state index in [0.29, 0.717) is 0 Å². The highest BCUT2D eigenvalue weighted by Gasteiger charge is 2.60. The van der Waals surface area contributed by atoms with E-state index in [-0.39, 0.29) is 4.66 Å². The Morgan fingerprint density at radius 1 is 0.354 bits per heavy atom. The summed E-state index contributed by atoms with van der Waals surface area (Å²) in [5.74, 6) is 0. The van der Waals surface area contributed by atoms with E-state index in [0.717, 1.165) is 11.4 Å². The number of para-hydroxylation sites is 2. The number of aryl methyl sites for hydroxylation is 4. The topological polar surface area (TPSA) is 6.48 Å². The van der Waals surface area contributed by atoms with Crippen molar-refractivity contribution in [2.45, 2.75) is 85.5 Å². The number of nitrogens with zero attached hydrogens (tertiary/aromatic N) is 2. The van der Waals surface area contributed by atoms with Crippen LogP contribution in [0, 0.1) is 41.5 Å². The minimum Gasteiger partial charge on any atom is -0.310 e. The Morgan fingerprint density at radius 2 is 0.815 bits per heavy atom. The zero-order valence-electron chi connectivity index (χ0n) is 40.4. The molecule has 0 bridgehead atoms. The SMILES string of the molecule is Cc1cc(N(c2ccccc2)c2ccc3cc4c(cc3c2)C([Si](C)(C)C)([Si](C)(C)C)c2c-4c3ccccc3c3cc(N(c4ccccc4)c4cc(C)c(C)c(C)c4)ccc23)cc(C)c1C. The van der Waals surface area contributed by atoms with Gasteiger partial charge in [0.05, 0.1) is 16.1 Å². The van der Waals surface area contributed by atoms with Gasteiger partial charge in [-0.1, -0.05) is 118 Å². The zero-order chi connectivity index (χ0) is 45.7. The Kier molecular flexibility index (Phi) is 10.2. The van der Waals surface area contributed by atoms with Crippen molar-refractivity contribution in [1.29, 1.82) is 0 Å². The third-order valence-corrected chi connectivity index (χ3v) is 25.2. The van der Waals surface area contributed by atoms with Crippen molar-refractivity contribution in [3.05, 3.63) is 202 Å². The van der Waals surface area contributed by atoms with E-state index in [4.69, 9.17) is 0 Å². The highest BCUT2D eigenvalue weighted by Crippen LogP contribution is 2.62. The highest BCUT2D eigenvalue weighted by atomic mass is 28.4. The van der Waals surface area contributed by atoms with Crippen LogP contribution in [-0.2, 0) is 4.66 Å². The van der Waals surface area contributed by atoms with E-state index in [1.807, 2.05) is 0 Å². The quantitative estimate of drug-likeness (QED) is 0.111. The number of benzene rings is 9. The Bertz CT molecular complexity index is 3290.